The summed E-state index contributed by atoms with van der Waals surface area (Å²) < 4.78 is 7.31. The highest BCUT2D eigenvalue weighted by atomic mass is 35.5. The van der Waals surface area contributed by atoms with Gasteiger partial charge in [0.15, 0.2) is 0 Å². The molecule has 0 bridgehead atoms. The fraction of sp³-hybridized carbons (Fsp3) is 0.833. The smallest absolute Gasteiger partial charge is 0.225 e. The summed E-state index contributed by atoms with van der Waals surface area (Å²) in [4.78, 5) is 0. The highest BCUT2D eigenvalue weighted by Gasteiger charge is 2.44. The monoisotopic (exact) mass is 255 g/mol. The van der Waals surface area contributed by atoms with Crippen LogP contribution in [-0.2, 0) is 11.3 Å². The minimum atomic E-state index is 0.395. The van der Waals surface area contributed by atoms with Crippen LogP contribution in [0.15, 0.2) is 0 Å². The van der Waals surface area contributed by atoms with Gasteiger partial charge in [0.25, 0.3) is 0 Å². The Bertz CT molecular complexity index is 410. The van der Waals surface area contributed by atoms with E-state index in [1.54, 1.807) is 7.11 Å². The van der Waals surface area contributed by atoms with Crippen LogP contribution >= 0.6 is 11.6 Å². The summed E-state index contributed by atoms with van der Waals surface area (Å²) in [6.07, 6.45) is 6.13. The number of methoxy groups -OCH3 is 1. The normalized spacial score (nSPS) is 21.8. The molecule has 2 aliphatic carbocycles. The van der Waals surface area contributed by atoms with Gasteiger partial charge < -0.3 is 9.30 Å². The van der Waals surface area contributed by atoms with Crippen molar-refractivity contribution < 1.29 is 4.74 Å². The standard InChI is InChI=1S/C12H18ClN3O/c1-17-7-6-12(4-5-12)8-16-10(9-2-3-9)14-15-11(16)13/h9H,2-8H2,1H3. The van der Waals surface area contributed by atoms with E-state index in [9.17, 15) is 0 Å². The molecule has 17 heavy (non-hydrogen) atoms. The molecule has 0 atom stereocenters. The van der Waals surface area contributed by atoms with Crippen molar-refractivity contribution in [2.24, 2.45) is 5.41 Å². The number of rotatable bonds is 6. The molecule has 3 rings (SSSR count). The van der Waals surface area contributed by atoms with E-state index in [2.05, 4.69) is 14.8 Å². The molecule has 0 saturated heterocycles. The van der Waals surface area contributed by atoms with Crippen molar-refractivity contribution in [3.8, 4) is 0 Å². The molecule has 0 radical (unpaired) electrons. The predicted octanol–water partition coefficient (Wildman–Crippen LogP) is 2.63. The summed E-state index contributed by atoms with van der Waals surface area (Å²) in [5.41, 5.74) is 0.395. The molecule has 2 aliphatic rings. The van der Waals surface area contributed by atoms with Crippen molar-refractivity contribution >= 4 is 11.6 Å². The van der Waals surface area contributed by atoms with Crippen molar-refractivity contribution in [1.82, 2.24) is 14.8 Å². The highest BCUT2D eigenvalue weighted by molar-refractivity contribution is 6.28. The van der Waals surface area contributed by atoms with Crippen LogP contribution in [0.4, 0.5) is 0 Å². The van der Waals surface area contributed by atoms with Crippen LogP contribution in [-0.4, -0.2) is 28.5 Å². The minimum Gasteiger partial charge on any atom is -0.385 e. The first-order valence-corrected chi connectivity index (χ1v) is 6.69. The number of hydrogen-bond donors (Lipinski definition) is 0. The van der Waals surface area contributed by atoms with E-state index >= 15 is 0 Å². The first kappa shape index (κ1) is 11.5. The van der Waals surface area contributed by atoms with Crippen LogP contribution in [0.1, 0.15) is 43.8 Å². The van der Waals surface area contributed by atoms with Gasteiger partial charge in [-0.05, 0) is 49.1 Å². The Hall–Kier alpha value is -0.610. The Morgan fingerprint density at radius 1 is 1.41 bits per heavy atom. The topological polar surface area (TPSA) is 39.9 Å². The molecule has 5 heteroatoms. The first-order chi connectivity index (χ1) is 8.24. The molecule has 0 spiro atoms. The van der Waals surface area contributed by atoms with E-state index in [4.69, 9.17) is 16.3 Å². The zero-order chi connectivity index (χ0) is 11.9. The lowest BCUT2D eigenvalue weighted by Gasteiger charge is -2.17. The Morgan fingerprint density at radius 2 is 2.18 bits per heavy atom. The molecular formula is C12H18ClN3O. The molecule has 4 nitrogen and oxygen atoms in total. The van der Waals surface area contributed by atoms with E-state index in [-0.39, 0.29) is 0 Å². The summed E-state index contributed by atoms with van der Waals surface area (Å²) in [5.74, 6) is 1.70. The fourth-order valence-corrected chi connectivity index (χ4v) is 2.59. The lowest BCUT2D eigenvalue weighted by Crippen LogP contribution is -2.16. The van der Waals surface area contributed by atoms with Gasteiger partial charge in [-0.2, -0.15) is 0 Å². The van der Waals surface area contributed by atoms with Gasteiger partial charge in [0.1, 0.15) is 5.82 Å². The van der Waals surface area contributed by atoms with E-state index in [0.29, 0.717) is 16.6 Å². The second-order valence-electron chi connectivity index (χ2n) is 5.43. The molecule has 1 heterocycles. The maximum atomic E-state index is 6.14. The van der Waals surface area contributed by atoms with Crippen molar-refractivity contribution in [3.05, 3.63) is 11.1 Å². The van der Waals surface area contributed by atoms with Crippen molar-refractivity contribution in [3.63, 3.8) is 0 Å². The number of aromatic nitrogens is 3. The molecule has 0 aliphatic heterocycles. The summed E-state index contributed by atoms with van der Waals surface area (Å²) in [5, 5.41) is 8.79. The van der Waals surface area contributed by atoms with Crippen LogP contribution in [0.25, 0.3) is 0 Å². The lowest BCUT2D eigenvalue weighted by molar-refractivity contribution is 0.166. The van der Waals surface area contributed by atoms with Crippen LogP contribution in [0, 0.1) is 5.41 Å². The van der Waals surface area contributed by atoms with Crippen LogP contribution in [0.5, 0.6) is 0 Å². The Labute approximate surface area is 106 Å². The number of hydrogen-bond acceptors (Lipinski definition) is 3. The largest absolute Gasteiger partial charge is 0.385 e. The minimum absolute atomic E-state index is 0.395. The van der Waals surface area contributed by atoms with Gasteiger partial charge in [-0.1, -0.05) is 0 Å². The van der Waals surface area contributed by atoms with Gasteiger partial charge in [-0.25, -0.2) is 0 Å². The molecular weight excluding hydrogens is 238 g/mol. The lowest BCUT2D eigenvalue weighted by atomic mass is 10.0. The molecule has 94 valence electrons. The van der Waals surface area contributed by atoms with E-state index in [1.807, 2.05) is 0 Å². The molecule has 2 fully saturated rings. The number of ether oxygens (including phenoxy) is 1. The summed E-state index contributed by atoms with van der Waals surface area (Å²) in [6.45, 7) is 1.80. The second-order valence-corrected chi connectivity index (χ2v) is 5.77. The van der Waals surface area contributed by atoms with Crippen molar-refractivity contribution in [2.75, 3.05) is 13.7 Å². The Balaban J connectivity index is 1.73. The first-order valence-electron chi connectivity index (χ1n) is 6.32. The molecule has 0 amide bonds. The number of halogens is 1. The molecule has 0 N–H and O–H groups in total. The maximum absolute atomic E-state index is 6.14. The van der Waals surface area contributed by atoms with Crippen molar-refractivity contribution in [2.45, 2.75) is 44.6 Å². The third-order valence-electron chi connectivity index (χ3n) is 3.96. The third kappa shape index (κ3) is 2.33. The molecule has 2 saturated carbocycles. The van der Waals surface area contributed by atoms with E-state index < -0.39 is 0 Å². The Morgan fingerprint density at radius 3 is 2.76 bits per heavy atom. The SMILES string of the molecule is COCCC1(Cn2c(Cl)nnc2C2CC2)CC1. The average molecular weight is 256 g/mol. The number of nitrogens with zero attached hydrogens (tertiary/aromatic N) is 3. The van der Waals surface area contributed by atoms with Gasteiger partial charge in [-0.15, -0.1) is 10.2 Å². The average Bonchev–Trinajstić information content (AvgIpc) is 3.21. The van der Waals surface area contributed by atoms with Crippen LogP contribution in [0.3, 0.4) is 0 Å². The Kier molecular flexibility index (Phi) is 2.87. The van der Waals surface area contributed by atoms with Crippen LogP contribution in [0.2, 0.25) is 5.28 Å². The zero-order valence-corrected chi connectivity index (χ0v) is 10.9. The third-order valence-corrected chi connectivity index (χ3v) is 4.24. The molecule has 0 unspecified atom stereocenters. The summed E-state index contributed by atoms with van der Waals surface area (Å²) >= 11 is 6.14. The van der Waals surface area contributed by atoms with Gasteiger partial charge >= 0.3 is 0 Å². The summed E-state index contributed by atoms with van der Waals surface area (Å²) in [6, 6.07) is 0. The van der Waals surface area contributed by atoms with E-state index in [1.165, 1.54) is 25.7 Å². The highest BCUT2D eigenvalue weighted by Crippen LogP contribution is 2.51. The predicted molar refractivity (Wildman–Crippen MR) is 65.2 cm³/mol. The molecule has 0 aromatic carbocycles. The van der Waals surface area contributed by atoms with E-state index in [0.717, 1.165) is 25.4 Å². The van der Waals surface area contributed by atoms with Gasteiger partial charge in [0.05, 0.1) is 0 Å². The van der Waals surface area contributed by atoms with Gasteiger partial charge in [-0.3, -0.25) is 0 Å². The van der Waals surface area contributed by atoms with Crippen LogP contribution < -0.4 is 0 Å². The molecule has 1 aromatic rings. The quantitative estimate of drug-likeness (QED) is 0.785. The van der Waals surface area contributed by atoms with Crippen molar-refractivity contribution in [1.29, 1.82) is 0 Å². The van der Waals surface area contributed by atoms with Gasteiger partial charge in [0.2, 0.25) is 5.28 Å². The fourth-order valence-electron chi connectivity index (χ4n) is 2.40. The zero-order valence-electron chi connectivity index (χ0n) is 10.2. The maximum Gasteiger partial charge on any atom is 0.225 e. The summed E-state index contributed by atoms with van der Waals surface area (Å²) in [7, 11) is 1.76. The molecule has 1 aromatic heterocycles. The van der Waals surface area contributed by atoms with Gasteiger partial charge in [0, 0.05) is 26.2 Å². The second kappa shape index (κ2) is 4.25.